The number of hydrogen-bond acceptors (Lipinski definition) is 3. The summed E-state index contributed by atoms with van der Waals surface area (Å²) in [6, 6.07) is 4.35. The second-order valence-electron chi connectivity index (χ2n) is 5.85. The number of nitrogens with two attached hydrogens (primary N) is 1. The zero-order chi connectivity index (χ0) is 13.9. The van der Waals surface area contributed by atoms with Crippen molar-refractivity contribution in [2.45, 2.75) is 20.4 Å². The molecule has 3 rings (SSSR count). The number of piperidine rings is 1. The highest BCUT2D eigenvalue weighted by Crippen LogP contribution is 2.63. The first kappa shape index (κ1) is 12.1. The van der Waals surface area contributed by atoms with Gasteiger partial charge in [0.1, 0.15) is 5.82 Å². The maximum atomic E-state index is 13.7. The number of benzene rings is 1. The van der Waals surface area contributed by atoms with E-state index in [4.69, 9.17) is 5.73 Å². The average molecular weight is 262 g/mol. The van der Waals surface area contributed by atoms with Crippen LogP contribution in [-0.2, 0) is 16.1 Å². The van der Waals surface area contributed by atoms with Crippen molar-refractivity contribution in [2.75, 3.05) is 5.73 Å². The lowest BCUT2D eigenvalue weighted by atomic mass is 10.0. The summed E-state index contributed by atoms with van der Waals surface area (Å²) in [5.74, 6) is -1.38. The molecule has 1 aliphatic carbocycles. The van der Waals surface area contributed by atoms with E-state index in [2.05, 4.69) is 0 Å². The first-order valence-corrected chi connectivity index (χ1v) is 6.23. The van der Waals surface area contributed by atoms with Crippen LogP contribution in [0.3, 0.4) is 0 Å². The van der Waals surface area contributed by atoms with E-state index in [9.17, 15) is 14.0 Å². The Hall–Kier alpha value is -1.91. The molecule has 19 heavy (non-hydrogen) atoms. The number of fused-ring (bicyclic) bond motifs is 1. The van der Waals surface area contributed by atoms with E-state index in [1.54, 1.807) is 6.07 Å². The van der Waals surface area contributed by atoms with Gasteiger partial charge in [-0.25, -0.2) is 4.39 Å². The number of anilines is 1. The van der Waals surface area contributed by atoms with E-state index in [0.29, 0.717) is 0 Å². The summed E-state index contributed by atoms with van der Waals surface area (Å²) in [5, 5.41) is 0. The van der Waals surface area contributed by atoms with Crippen molar-refractivity contribution in [2.24, 2.45) is 17.3 Å². The van der Waals surface area contributed by atoms with Crippen molar-refractivity contribution in [1.29, 1.82) is 0 Å². The molecule has 0 bridgehead atoms. The Labute approximate surface area is 110 Å². The van der Waals surface area contributed by atoms with Gasteiger partial charge in [0.15, 0.2) is 0 Å². The lowest BCUT2D eigenvalue weighted by molar-refractivity contribution is -0.143. The van der Waals surface area contributed by atoms with Crippen LogP contribution in [0.4, 0.5) is 10.1 Å². The molecule has 2 aliphatic rings. The number of halogens is 1. The molecule has 100 valence electrons. The Morgan fingerprint density at radius 2 is 1.84 bits per heavy atom. The van der Waals surface area contributed by atoms with Crippen LogP contribution in [0.25, 0.3) is 0 Å². The third-order valence-electron chi connectivity index (χ3n) is 4.36. The lowest BCUT2D eigenvalue weighted by Crippen LogP contribution is -2.36. The third-order valence-corrected chi connectivity index (χ3v) is 4.36. The summed E-state index contributed by atoms with van der Waals surface area (Å²) in [6.45, 7) is 3.75. The maximum absolute atomic E-state index is 13.7. The normalized spacial score (nSPS) is 27.6. The molecule has 2 atom stereocenters. The second kappa shape index (κ2) is 3.56. The number of nitrogens with zero attached hydrogens (tertiary/aromatic N) is 1. The molecule has 0 aromatic heterocycles. The number of carbonyl (C=O) groups excluding carboxylic acids is 2. The van der Waals surface area contributed by atoms with Crippen molar-refractivity contribution < 1.29 is 14.0 Å². The van der Waals surface area contributed by atoms with Crippen molar-refractivity contribution in [3.63, 3.8) is 0 Å². The molecule has 1 aromatic carbocycles. The Morgan fingerprint density at radius 1 is 1.26 bits per heavy atom. The predicted molar refractivity (Wildman–Crippen MR) is 67.1 cm³/mol. The molecule has 4 nitrogen and oxygen atoms in total. The second-order valence-corrected chi connectivity index (χ2v) is 5.85. The molecule has 0 radical (unpaired) electrons. The van der Waals surface area contributed by atoms with Crippen LogP contribution < -0.4 is 5.73 Å². The largest absolute Gasteiger partial charge is 0.398 e. The van der Waals surface area contributed by atoms with Crippen LogP contribution in [0.2, 0.25) is 0 Å². The number of likely N-dealkylation sites (tertiary alicyclic amines) is 1. The minimum atomic E-state index is -0.486. The quantitative estimate of drug-likeness (QED) is 0.649. The first-order chi connectivity index (χ1) is 8.85. The summed E-state index contributed by atoms with van der Waals surface area (Å²) in [4.78, 5) is 25.4. The zero-order valence-corrected chi connectivity index (χ0v) is 10.8. The van der Waals surface area contributed by atoms with Gasteiger partial charge in [0, 0.05) is 11.3 Å². The van der Waals surface area contributed by atoms with E-state index >= 15 is 0 Å². The van der Waals surface area contributed by atoms with Gasteiger partial charge in [0.25, 0.3) is 0 Å². The highest BCUT2D eigenvalue weighted by Gasteiger charge is 2.72. The Bertz CT molecular complexity index is 553. The van der Waals surface area contributed by atoms with Gasteiger partial charge in [-0.2, -0.15) is 0 Å². The van der Waals surface area contributed by atoms with E-state index in [1.165, 1.54) is 12.1 Å². The van der Waals surface area contributed by atoms with Crippen LogP contribution in [0, 0.1) is 23.1 Å². The molecule has 2 unspecified atom stereocenters. The topological polar surface area (TPSA) is 63.4 Å². The summed E-state index contributed by atoms with van der Waals surface area (Å²) in [6.07, 6.45) is 0. The Kier molecular flexibility index (Phi) is 2.27. The van der Waals surface area contributed by atoms with Crippen molar-refractivity contribution in [3.8, 4) is 0 Å². The molecule has 0 spiro atoms. The smallest absolute Gasteiger partial charge is 0.233 e. The Balaban J connectivity index is 1.87. The number of nitrogen functional groups attached to an aromatic ring is 1. The summed E-state index contributed by atoms with van der Waals surface area (Å²) in [7, 11) is 0. The van der Waals surface area contributed by atoms with E-state index in [0.717, 1.165) is 4.90 Å². The Morgan fingerprint density at radius 3 is 2.37 bits per heavy atom. The fraction of sp³-hybridized carbons (Fsp3) is 0.429. The fourth-order valence-electron chi connectivity index (χ4n) is 3.06. The fourth-order valence-corrected chi connectivity index (χ4v) is 3.06. The van der Waals surface area contributed by atoms with Crippen molar-refractivity contribution in [1.82, 2.24) is 4.90 Å². The van der Waals surface area contributed by atoms with Crippen LogP contribution >= 0.6 is 0 Å². The van der Waals surface area contributed by atoms with Crippen molar-refractivity contribution >= 4 is 17.5 Å². The highest BCUT2D eigenvalue weighted by molar-refractivity contribution is 6.10. The number of hydrogen-bond donors (Lipinski definition) is 1. The van der Waals surface area contributed by atoms with Gasteiger partial charge in [0.05, 0.1) is 18.4 Å². The lowest BCUT2D eigenvalue weighted by Gasteiger charge is -2.21. The molecular weight excluding hydrogens is 247 g/mol. The number of rotatable bonds is 2. The van der Waals surface area contributed by atoms with Crippen LogP contribution in [0.15, 0.2) is 18.2 Å². The van der Waals surface area contributed by atoms with Gasteiger partial charge in [-0.15, -0.1) is 0 Å². The minimum absolute atomic E-state index is 0.0702. The number of carbonyl (C=O) groups is 2. The minimum Gasteiger partial charge on any atom is -0.398 e. The molecular formula is C14H15FN2O2. The van der Waals surface area contributed by atoms with Gasteiger partial charge in [0.2, 0.25) is 11.8 Å². The number of amides is 2. The SMILES string of the molecule is CC1(C)C2C(=O)N(Cc3c(N)cccc3F)C(=O)C21. The van der Waals surface area contributed by atoms with E-state index in [-0.39, 0.29) is 46.9 Å². The van der Waals surface area contributed by atoms with Gasteiger partial charge >= 0.3 is 0 Å². The molecule has 2 amide bonds. The average Bonchev–Trinajstić information content (AvgIpc) is 2.79. The predicted octanol–water partition coefficient (Wildman–Crippen LogP) is 1.55. The van der Waals surface area contributed by atoms with E-state index in [1.807, 2.05) is 13.8 Å². The molecule has 1 aromatic rings. The standard InChI is InChI=1S/C14H15FN2O2/c1-14(2)10-11(14)13(19)17(12(10)18)6-7-8(15)4-3-5-9(7)16/h3-5,10-11H,6,16H2,1-2H3. The first-order valence-electron chi connectivity index (χ1n) is 6.23. The summed E-state index contributed by atoms with van der Waals surface area (Å²) >= 11 is 0. The zero-order valence-electron chi connectivity index (χ0n) is 10.8. The maximum Gasteiger partial charge on any atom is 0.233 e. The molecule has 1 aliphatic heterocycles. The van der Waals surface area contributed by atoms with Crippen molar-refractivity contribution in [3.05, 3.63) is 29.6 Å². The summed E-state index contributed by atoms with van der Waals surface area (Å²) in [5.41, 5.74) is 5.93. The summed E-state index contributed by atoms with van der Waals surface area (Å²) < 4.78 is 13.7. The molecule has 2 fully saturated rings. The van der Waals surface area contributed by atoms with Crippen LogP contribution in [0.5, 0.6) is 0 Å². The van der Waals surface area contributed by atoms with Gasteiger partial charge < -0.3 is 5.73 Å². The molecule has 5 heteroatoms. The highest BCUT2D eigenvalue weighted by atomic mass is 19.1. The van der Waals surface area contributed by atoms with Gasteiger partial charge in [-0.3, -0.25) is 14.5 Å². The molecule has 1 heterocycles. The van der Waals surface area contributed by atoms with Gasteiger partial charge in [-0.05, 0) is 17.5 Å². The third kappa shape index (κ3) is 1.50. The monoisotopic (exact) mass is 262 g/mol. The molecule has 2 N–H and O–H groups in total. The van der Waals surface area contributed by atoms with Crippen LogP contribution in [0.1, 0.15) is 19.4 Å². The van der Waals surface area contributed by atoms with Gasteiger partial charge in [-0.1, -0.05) is 19.9 Å². The number of imide groups is 1. The molecule has 1 saturated heterocycles. The molecule has 1 saturated carbocycles. The van der Waals surface area contributed by atoms with Crippen LogP contribution in [-0.4, -0.2) is 16.7 Å². The van der Waals surface area contributed by atoms with E-state index < -0.39 is 5.82 Å².